The average molecular weight is 406 g/mol. The summed E-state index contributed by atoms with van der Waals surface area (Å²) in [4.78, 5) is 25.3. The van der Waals surface area contributed by atoms with Gasteiger partial charge in [-0.15, -0.1) is 36.2 Å². The number of aromatic nitrogens is 2. The molecule has 3 heterocycles. The van der Waals surface area contributed by atoms with Crippen LogP contribution in [0.1, 0.15) is 20.8 Å². The number of nitrogens with zero attached hydrogens (tertiary/aromatic N) is 4. The number of thiophene rings is 1. The second kappa shape index (κ2) is 8.49. The molecule has 1 atom stereocenters. The highest BCUT2D eigenvalue weighted by Gasteiger charge is 2.33. The SMILES string of the molecule is CC(C)(C)[C@H](N)C(=O)N1CCN(c2ncnc3ccsc23)CC1.Cl.Cl. The van der Waals surface area contributed by atoms with Crippen molar-refractivity contribution >= 4 is 58.1 Å². The number of carbonyl (C=O) groups is 1. The van der Waals surface area contributed by atoms with Gasteiger partial charge in [-0.05, 0) is 16.9 Å². The second-order valence-electron chi connectivity index (χ2n) is 6.99. The lowest BCUT2D eigenvalue weighted by Crippen LogP contribution is -2.56. The Morgan fingerprint density at radius 1 is 1.20 bits per heavy atom. The van der Waals surface area contributed by atoms with Gasteiger partial charge in [0, 0.05) is 26.2 Å². The molecule has 25 heavy (non-hydrogen) atoms. The van der Waals surface area contributed by atoms with Gasteiger partial charge in [0.15, 0.2) is 0 Å². The third-order valence-corrected chi connectivity index (χ3v) is 5.21. The molecule has 1 amide bonds. The van der Waals surface area contributed by atoms with Crippen LogP contribution in [-0.4, -0.2) is 53.0 Å². The van der Waals surface area contributed by atoms with Crippen LogP contribution in [0, 0.1) is 5.41 Å². The standard InChI is InChI=1S/C16H23N5OS.2ClH/c1-16(2,3)13(17)15(22)21-7-5-20(6-8-21)14-12-11(4-9-23-12)18-10-19-14;;/h4,9-10,13H,5-8,17H2,1-3H3;2*1H/t13-;;/m1../s1. The minimum atomic E-state index is -0.461. The molecule has 140 valence electrons. The van der Waals surface area contributed by atoms with Crippen LogP contribution in [0.4, 0.5) is 5.82 Å². The van der Waals surface area contributed by atoms with E-state index in [1.807, 2.05) is 37.1 Å². The van der Waals surface area contributed by atoms with Gasteiger partial charge in [0.1, 0.15) is 12.1 Å². The molecule has 0 aromatic carbocycles. The van der Waals surface area contributed by atoms with E-state index in [2.05, 4.69) is 14.9 Å². The molecule has 3 rings (SSSR count). The summed E-state index contributed by atoms with van der Waals surface area (Å²) < 4.78 is 1.11. The quantitative estimate of drug-likeness (QED) is 0.830. The van der Waals surface area contributed by atoms with E-state index < -0.39 is 6.04 Å². The van der Waals surface area contributed by atoms with Crippen molar-refractivity contribution < 1.29 is 4.79 Å². The molecule has 0 spiro atoms. The maximum Gasteiger partial charge on any atom is 0.240 e. The highest BCUT2D eigenvalue weighted by atomic mass is 35.5. The Kier molecular flexibility index (Phi) is 7.43. The number of piperazine rings is 1. The zero-order valence-corrected chi connectivity index (χ0v) is 17.1. The number of amides is 1. The van der Waals surface area contributed by atoms with Crippen LogP contribution < -0.4 is 10.6 Å². The summed E-state index contributed by atoms with van der Waals surface area (Å²) in [5, 5.41) is 2.03. The topological polar surface area (TPSA) is 75.4 Å². The lowest BCUT2D eigenvalue weighted by molar-refractivity contribution is -0.135. The summed E-state index contributed by atoms with van der Waals surface area (Å²) in [5.74, 6) is 1.01. The van der Waals surface area contributed by atoms with Crippen LogP contribution in [0.5, 0.6) is 0 Å². The molecule has 0 bridgehead atoms. The van der Waals surface area contributed by atoms with Crippen LogP contribution in [-0.2, 0) is 4.79 Å². The molecule has 2 N–H and O–H groups in total. The van der Waals surface area contributed by atoms with Crippen LogP contribution in [0.3, 0.4) is 0 Å². The first-order valence-corrected chi connectivity index (χ1v) is 8.73. The Hall–Kier alpha value is -1.15. The smallest absolute Gasteiger partial charge is 0.240 e. The molecule has 1 aliphatic rings. The lowest BCUT2D eigenvalue weighted by atomic mass is 9.86. The first-order chi connectivity index (χ1) is 10.9. The fourth-order valence-corrected chi connectivity index (χ4v) is 3.57. The minimum Gasteiger partial charge on any atom is -0.352 e. The Morgan fingerprint density at radius 2 is 1.84 bits per heavy atom. The van der Waals surface area contributed by atoms with E-state index in [9.17, 15) is 4.79 Å². The lowest BCUT2D eigenvalue weighted by Gasteiger charge is -2.38. The Bertz CT molecular complexity index is 710. The fraction of sp³-hybridized carbons (Fsp3) is 0.562. The Labute approximate surface area is 164 Å². The number of hydrogen-bond acceptors (Lipinski definition) is 6. The molecule has 0 aliphatic carbocycles. The predicted molar refractivity (Wildman–Crippen MR) is 108 cm³/mol. The zero-order chi connectivity index (χ0) is 16.6. The third kappa shape index (κ3) is 4.53. The maximum absolute atomic E-state index is 12.5. The van der Waals surface area contributed by atoms with Crippen molar-refractivity contribution in [1.29, 1.82) is 0 Å². The van der Waals surface area contributed by atoms with Crippen molar-refractivity contribution in [3.63, 3.8) is 0 Å². The summed E-state index contributed by atoms with van der Waals surface area (Å²) in [5.41, 5.74) is 6.87. The molecule has 2 aromatic rings. The zero-order valence-electron chi connectivity index (χ0n) is 14.6. The maximum atomic E-state index is 12.5. The van der Waals surface area contributed by atoms with Crippen molar-refractivity contribution in [2.24, 2.45) is 11.1 Å². The summed E-state index contributed by atoms with van der Waals surface area (Å²) in [7, 11) is 0. The average Bonchev–Trinajstić information content (AvgIpc) is 3.01. The molecule has 9 heteroatoms. The third-order valence-electron chi connectivity index (χ3n) is 4.31. The molecule has 1 saturated heterocycles. The van der Waals surface area contributed by atoms with E-state index in [1.54, 1.807) is 17.7 Å². The summed E-state index contributed by atoms with van der Waals surface area (Å²) in [6.45, 7) is 8.90. The summed E-state index contributed by atoms with van der Waals surface area (Å²) >= 11 is 1.66. The van der Waals surface area contributed by atoms with Crippen molar-refractivity contribution in [2.45, 2.75) is 26.8 Å². The van der Waals surface area contributed by atoms with Gasteiger partial charge in [-0.3, -0.25) is 4.79 Å². The molecule has 0 saturated carbocycles. The molecule has 2 aromatic heterocycles. The molecular weight excluding hydrogens is 381 g/mol. The number of halogens is 2. The number of anilines is 1. The number of hydrogen-bond donors (Lipinski definition) is 1. The summed E-state index contributed by atoms with van der Waals surface area (Å²) in [6, 6.07) is 1.55. The van der Waals surface area contributed by atoms with Crippen molar-refractivity contribution in [3.8, 4) is 0 Å². The van der Waals surface area contributed by atoms with Crippen molar-refractivity contribution in [1.82, 2.24) is 14.9 Å². The van der Waals surface area contributed by atoms with Gasteiger partial charge >= 0.3 is 0 Å². The van der Waals surface area contributed by atoms with E-state index in [0.717, 1.165) is 29.1 Å². The largest absolute Gasteiger partial charge is 0.352 e. The first-order valence-electron chi connectivity index (χ1n) is 7.85. The number of fused-ring (bicyclic) bond motifs is 1. The highest BCUT2D eigenvalue weighted by molar-refractivity contribution is 7.17. The van der Waals surface area contributed by atoms with Gasteiger partial charge in [0.2, 0.25) is 5.91 Å². The van der Waals surface area contributed by atoms with E-state index in [-0.39, 0.29) is 36.1 Å². The molecule has 6 nitrogen and oxygen atoms in total. The van der Waals surface area contributed by atoms with Gasteiger partial charge in [-0.25, -0.2) is 9.97 Å². The van der Waals surface area contributed by atoms with Crippen LogP contribution in [0.2, 0.25) is 0 Å². The number of nitrogens with two attached hydrogens (primary N) is 1. The van der Waals surface area contributed by atoms with E-state index in [4.69, 9.17) is 5.73 Å². The Morgan fingerprint density at radius 3 is 2.44 bits per heavy atom. The number of rotatable bonds is 2. The van der Waals surface area contributed by atoms with Gasteiger partial charge in [-0.2, -0.15) is 0 Å². The molecule has 0 unspecified atom stereocenters. The van der Waals surface area contributed by atoms with Gasteiger partial charge in [0.25, 0.3) is 0 Å². The number of carbonyl (C=O) groups excluding carboxylic acids is 1. The van der Waals surface area contributed by atoms with Gasteiger partial charge < -0.3 is 15.5 Å². The van der Waals surface area contributed by atoms with Crippen LogP contribution >= 0.6 is 36.2 Å². The van der Waals surface area contributed by atoms with Crippen LogP contribution in [0.15, 0.2) is 17.8 Å². The molecule has 1 aliphatic heterocycles. The Balaban J connectivity index is 0.00000156. The van der Waals surface area contributed by atoms with Gasteiger partial charge in [-0.1, -0.05) is 20.8 Å². The van der Waals surface area contributed by atoms with E-state index in [1.165, 1.54) is 0 Å². The van der Waals surface area contributed by atoms with Crippen LogP contribution in [0.25, 0.3) is 10.2 Å². The first kappa shape index (κ1) is 21.9. The highest BCUT2D eigenvalue weighted by Crippen LogP contribution is 2.28. The van der Waals surface area contributed by atoms with E-state index in [0.29, 0.717) is 13.1 Å². The van der Waals surface area contributed by atoms with Crippen molar-refractivity contribution in [3.05, 3.63) is 17.8 Å². The molecular formula is C16H25Cl2N5OS. The normalized spacial score (nSPS) is 16.2. The van der Waals surface area contributed by atoms with Crippen molar-refractivity contribution in [2.75, 3.05) is 31.1 Å². The second-order valence-corrected chi connectivity index (χ2v) is 7.90. The monoisotopic (exact) mass is 405 g/mol. The molecule has 1 fully saturated rings. The summed E-state index contributed by atoms with van der Waals surface area (Å²) in [6.07, 6.45) is 1.61. The molecule has 0 radical (unpaired) electrons. The minimum absolute atomic E-state index is 0. The van der Waals surface area contributed by atoms with E-state index >= 15 is 0 Å². The van der Waals surface area contributed by atoms with Gasteiger partial charge in [0.05, 0.1) is 16.3 Å². The predicted octanol–water partition coefficient (Wildman–Crippen LogP) is 2.56. The fourth-order valence-electron chi connectivity index (χ4n) is 2.71.